The lowest BCUT2D eigenvalue weighted by Crippen LogP contribution is -2.50. The van der Waals surface area contributed by atoms with Crippen molar-refractivity contribution < 1.29 is 17.6 Å². The van der Waals surface area contributed by atoms with Gasteiger partial charge in [-0.3, -0.25) is 4.79 Å². The molecule has 28 heavy (non-hydrogen) atoms. The molecule has 0 unspecified atom stereocenters. The lowest BCUT2D eigenvalue weighted by molar-refractivity contribution is -0.127. The molecule has 1 amide bonds. The summed E-state index contributed by atoms with van der Waals surface area (Å²) in [4.78, 5) is 13.8. The minimum absolute atomic E-state index is 0.0547. The summed E-state index contributed by atoms with van der Waals surface area (Å²) in [6, 6.07) is 10.4. The van der Waals surface area contributed by atoms with Crippen LogP contribution in [-0.4, -0.2) is 49.7 Å². The SMILES string of the molecule is O=C(/C=C/c1ccccc1F)N1CCN(S(=O)(=O)c2cc(Cl)ccc2Cl)CC1. The van der Waals surface area contributed by atoms with Gasteiger partial charge in [-0.1, -0.05) is 41.4 Å². The third kappa shape index (κ3) is 4.55. The van der Waals surface area contributed by atoms with Gasteiger partial charge >= 0.3 is 0 Å². The molecule has 0 aromatic heterocycles. The second-order valence-corrected chi connectivity index (χ2v) is 8.91. The van der Waals surface area contributed by atoms with Crippen molar-refractivity contribution in [2.75, 3.05) is 26.2 Å². The molecule has 2 aromatic rings. The molecule has 0 atom stereocenters. The molecule has 1 fully saturated rings. The van der Waals surface area contributed by atoms with Crippen LogP contribution in [-0.2, 0) is 14.8 Å². The average molecular weight is 443 g/mol. The van der Waals surface area contributed by atoms with E-state index in [2.05, 4.69) is 0 Å². The summed E-state index contributed by atoms with van der Waals surface area (Å²) in [5, 5.41) is 0.366. The molecule has 0 radical (unpaired) electrons. The molecule has 0 aliphatic carbocycles. The quantitative estimate of drug-likeness (QED) is 0.678. The highest BCUT2D eigenvalue weighted by molar-refractivity contribution is 7.89. The van der Waals surface area contributed by atoms with Crippen molar-refractivity contribution in [3.05, 3.63) is 70.0 Å². The van der Waals surface area contributed by atoms with Gasteiger partial charge in [0.05, 0.1) is 5.02 Å². The Kier molecular flexibility index (Phi) is 6.40. The number of sulfonamides is 1. The normalized spacial score (nSPS) is 15.9. The summed E-state index contributed by atoms with van der Waals surface area (Å²) in [5.74, 6) is -0.720. The number of carbonyl (C=O) groups excluding carboxylic acids is 1. The van der Waals surface area contributed by atoms with Gasteiger partial charge in [-0.2, -0.15) is 4.31 Å². The zero-order valence-corrected chi connectivity index (χ0v) is 17.0. The lowest BCUT2D eigenvalue weighted by atomic mass is 10.2. The van der Waals surface area contributed by atoms with Crippen LogP contribution < -0.4 is 0 Å². The van der Waals surface area contributed by atoms with Crippen LogP contribution >= 0.6 is 23.2 Å². The van der Waals surface area contributed by atoms with E-state index in [0.29, 0.717) is 5.56 Å². The second-order valence-electron chi connectivity index (χ2n) is 6.16. The predicted molar refractivity (Wildman–Crippen MR) is 107 cm³/mol. The van der Waals surface area contributed by atoms with E-state index in [0.717, 1.165) is 0 Å². The molecule has 0 saturated carbocycles. The predicted octanol–water partition coefficient (Wildman–Crippen LogP) is 3.68. The van der Waals surface area contributed by atoms with Gasteiger partial charge < -0.3 is 4.90 Å². The van der Waals surface area contributed by atoms with Gasteiger partial charge in [0.25, 0.3) is 0 Å². The number of hydrogen-bond donors (Lipinski definition) is 0. The monoisotopic (exact) mass is 442 g/mol. The van der Waals surface area contributed by atoms with Crippen molar-refractivity contribution in [1.82, 2.24) is 9.21 Å². The molecule has 9 heteroatoms. The van der Waals surface area contributed by atoms with Crippen molar-refractivity contribution in [3.63, 3.8) is 0 Å². The van der Waals surface area contributed by atoms with Crippen LogP contribution in [0.4, 0.5) is 4.39 Å². The molecular formula is C19H17Cl2FN2O3S. The molecule has 1 aliphatic rings. The van der Waals surface area contributed by atoms with Crippen molar-refractivity contribution in [1.29, 1.82) is 0 Å². The van der Waals surface area contributed by atoms with Gasteiger partial charge in [-0.05, 0) is 30.3 Å². The van der Waals surface area contributed by atoms with Crippen LogP contribution in [0, 0.1) is 5.82 Å². The van der Waals surface area contributed by atoms with E-state index in [1.807, 2.05) is 0 Å². The van der Waals surface area contributed by atoms with Crippen LogP contribution in [0.2, 0.25) is 10.0 Å². The van der Waals surface area contributed by atoms with E-state index in [9.17, 15) is 17.6 Å². The zero-order chi connectivity index (χ0) is 20.3. The Morgan fingerprint density at radius 3 is 2.39 bits per heavy atom. The van der Waals surface area contributed by atoms with Crippen LogP contribution in [0.3, 0.4) is 0 Å². The number of halogens is 3. The Morgan fingerprint density at radius 1 is 1.04 bits per heavy atom. The van der Waals surface area contributed by atoms with E-state index >= 15 is 0 Å². The highest BCUT2D eigenvalue weighted by atomic mass is 35.5. The van der Waals surface area contributed by atoms with Crippen LogP contribution in [0.15, 0.2) is 53.4 Å². The van der Waals surface area contributed by atoms with E-state index in [-0.39, 0.29) is 47.0 Å². The Hall–Kier alpha value is -1.93. The first-order valence-electron chi connectivity index (χ1n) is 8.46. The Morgan fingerprint density at radius 2 is 1.71 bits per heavy atom. The van der Waals surface area contributed by atoms with Gasteiger partial charge in [0.2, 0.25) is 15.9 Å². The van der Waals surface area contributed by atoms with Crippen molar-refractivity contribution in [3.8, 4) is 0 Å². The fourth-order valence-electron chi connectivity index (χ4n) is 2.84. The Balaban J connectivity index is 1.66. The van der Waals surface area contributed by atoms with Gasteiger partial charge in [0.15, 0.2) is 0 Å². The zero-order valence-electron chi connectivity index (χ0n) is 14.7. The van der Waals surface area contributed by atoms with Gasteiger partial charge in [-0.25, -0.2) is 12.8 Å². The highest BCUT2D eigenvalue weighted by Gasteiger charge is 2.31. The van der Waals surface area contributed by atoms with E-state index in [4.69, 9.17) is 23.2 Å². The molecular weight excluding hydrogens is 426 g/mol. The Bertz CT molecular complexity index is 1020. The fourth-order valence-corrected chi connectivity index (χ4v) is 5.00. The molecule has 1 saturated heterocycles. The topological polar surface area (TPSA) is 57.7 Å². The third-order valence-electron chi connectivity index (χ3n) is 4.37. The minimum Gasteiger partial charge on any atom is -0.337 e. The van der Waals surface area contributed by atoms with Gasteiger partial charge in [0, 0.05) is 42.8 Å². The maximum Gasteiger partial charge on any atom is 0.246 e. The third-order valence-corrected chi connectivity index (χ3v) is 6.99. The van der Waals surface area contributed by atoms with Crippen LogP contribution in [0.5, 0.6) is 0 Å². The summed E-state index contributed by atoms with van der Waals surface area (Å²) in [5.41, 5.74) is 0.313. The smallest absolute Gasteiger partial charge is 0.246 e. The summed E-state index contributed by atoms with van der Waals surface area (Å²) >= 11 is 11.9. The van der Waals surface area contributed by atoms with Crippen molar-refractivity contribution in [2.45, 2.75) is 4.90 Å². The highest BCUT2D eigenvalue weighted by Crippen LogP contribution is 2.28. The number of piperazine rings is 1. The minimum atomic E-state index is -3.81. The maximum absolute atomic E-state index is 13.6. The van der Waals surface area contributed by atoms with Gasteiger partial charge in [-0.15, -0.1) is 0 Å². The molecule has 5 nitrogen and oxygen atoms in total. The number of carbonyl (C=O) groups is 1. The molecule has 0 N–H and O–H groups in total. The number of amides is 1. The van der Waals surface area contributed by atoms with Crippen molar-refractivity contribution in [2.24, 2.45) is 0 Å². The average Bonchev–Trinajstić information content (AvgIpc) is 2.69. The number of nitrogens with zero attached hydrogens (tertiary/aromatic N) is 2. The summed E-state index contributed by atoms with van der Waals surface area (Å²) < 4.78 is 40.5. The molecule has 1 heterocycles. The first-order chi connectivity index (χ1) is 13.3. The first-order valence-corrected chi connectivity index (χ1v) is 10.7. The first kappa shape index (κ1) is 20.8. The molecule has 148 valence electrons. The number of rotatable bonds is 4. The van der Waals surface area contributed by atoms with Crippen LogP contribution in [0.25, 0.3) is 6.08 Å². The molecule has 0 spiro atoms. The maximum atomic E-state index is 13.6. The van der Waals surface area contributed by atoms with Gasteiger partial charge in [0.1, 0.15) is 10.7 Å². The van der Waals surface area contributed by atoms with E-state index < -0.39 is 15.8 Å². The van der Waals surface area contributed by atoms with E-state index in [1.54, 1.807) is 18.2 Å². The summed E-state index contributed by atoms with van der Waals surface area (Å²) in [6.45, 7) is 0.699. The van der Waals surface area contributed by atoms with Crippen LogP contribution in [0.1, 0.15) is 5.56 Å². The lowest BCUT2D eigenvalue weighted by Gasteiger charge is -2.33. The standard InChI is InChI=1S/C19H17Cl2FN2O3S/c20-15-6-7-16(21)18(13-15)28(26,27)24-11-9-23(10-12-24)19(25)8-5-14-3-1-2-4-17(14)22/h1-8,13H,9-12H2/b8-5+. The van der Waals surface area contributed by atoms with Crippen molar-refractivity contribution >= 4 is 45.2 Å². The molecule has 3 rings (SSSR count). The molecule has 0 bridgehead atoms. The second kappa shape index (κ2) is 8.61. The Labute approximate surface area is 173 Å². The molecule has 1 aliphatic heterocycles. The summed E-state index contributed by atoms with van der Waals surface area (Å²) in [6.07, 6.45) is 2.70. The van der Waals surface area contributed by atoms with E-state index in [1.165, 1.54) is 45.6 Å². The fraction of sp³-hybridized carbons (Fsp3) is 0.211. The number of benzene rings is 2. The number of hydrogen-bond acceptors (Lipinski definition) is 3. The molecule has 2 aromatic carbocycles. The summed E-state index contributed by atoms with van der Waals surface area (Å²) in [7, 11) is -3.81. The largest absolute Gasteiger partial charge is 0.337 e.